The second-order valence-corrected chi connectivity index (χ2v) is 6.79. The zero-order valence-corrected chi connectivity index (χ0v) is 14.6. The Morgan fingerprint density at radius 2 is 2.04 bits per heavy atom. The zero-order valence-electron chi connectivity index (χ0n) is 13.0. The minimum atomic E-state index is -0.284. The highest BCUT2D eigenvalue weighted by Crippen LogP contribution is 2.32. The summed E-state index contributed by atoms with van der Waals surface area (Å²) in [6.07, 6.45) is 2.31. The number of nitrogens with two attached hydrogens (primary N) is 1. The Bertz CT molecular complexity index is 706. The summed E-state index contributed by atoms with van der Waals surface area (Å²) in [5.74, 6) is 0.726. The predicted molar refractivity (Wildman–Crippen MR) is 95.8 cm³/mol. The van der Waals surface area contributed by atoms with Crippen molar-refractivity contribution in [1.82, 2.24) is 0 Å². The number of nitrogens with one attached hydrogen (secondary N) is 1. The van der Waals surface area contributed by atoms with Gasteiger partial charge in [-0.15, -0.1) is 0 Å². The Balaban J connectivity index is 1.83. The van der Waals surface area contributed by atoms with Gasteiger partial charge in [0, 0.05) is 18.8 Å². The van der Waals surface area contributed by atoms with Gasteiger partial charge in [-0.25, -0.2) is 0 Å². The van der Waals surface area contributed by atoms with Gasteiger partial charge in [-0.3, -0.25) is 4.79 Å². The number of rotatable bonds is 3. The number of nitrogen functional groups attached to an aromatic ring is 1. The van der Waals surface area contributed by atoms with Gasteiger partial charge in [-0.2, -0.15) is 0 Å². The molecular formula is C17H20BrN3O2. The number of anilines is 3. The van der Waals surface area contributed by atoms with E-state index in [1.807, 2.05) is 12.1 Å². The van der Waals surface area contributed by atoms with Crippen molar-refractivity contribution in [2.45, 2.75) is 19.8 Å². The van der Waals surface area contributed by atoms with E-state index in [1.54, 1.807) is 18.2 Å². The first-order valence-electron chi connectivity index (χ1n) is 7.74. The topological polar surface area (TPSA) is 71.5 Å². The van der Waals surface area contributed by atoms with Crippen LogP contribution in [-0.2, 0) is 0 Å². The second-order valence-electron chi connectivity index (χ2n) is 6.00. The van der Waals surface area contributed by atoms with Crippen molar-refractivity contribution in [3.63, 3.8) is 0 Å². The van der Waals surface area contributed by atoms with Crippen LogP contribution >= 0.6 is 15.9 Å². The number of piperidine rings is 1. The maximum atomic E-state index is 12.3. The molecule has 1 aromatic heterocycles. The van der Waals surface area contributed by atoms with Crippen molar-refractivity contribution in [2.24, 2.45) is 5.92 Å². The molecule has 1 fully saturated rings. The lowest BCUT2D eigenvalue weighted by atomic mass is 9.98. The number of furan rings is 1. The van der Waals surface area contributed by atoms with E-state index in [0.717, 1.165) is 43.2 Å². The Labute approximate surface area is 144 Å². The molecule has 3 N–H and O–H groups in total. The lowest BCUT2D eigenvalue weighted by Gasteiger charge is -2.33. The van der Waals surface area contributed by atoms with Crippen molar-refractivity contribution in [3.05, 3.63) is 40.8 Å². The van der Waals surface area contributed by atoms with Crippen molar-refractivity contribution >= 4 is 38.9 Å². The monoisotopic (exact) mass is 377 g/mol. The van der Waals surface area contributed by atoms with Crippen LogP contribution in [0.2, 0.25) is 0 Å². The minimum absolute atomic E-state index is 0.262. The maximum absolute atomic E-state index is 12.3. The molecule has 5 nitrogen and oxygen atoms in total. The average molecular weight is 378 g/mol. The summed E-state index contributed by atoms with van der Waals surface area (Å²) in [6.45, 7) is 4.25. The number of hydrogen-bond donors (Lipinski definition) is 2. The second kappa shape index (κ2) is 6.66. The zero-order chi connectivity index (χ0) is 16.4. The number of carbonyl (C=O) groups is 1. The largest absolute Gasteiger partial charge is 0.444 e. The van der Waals surface area contributed by atoms with Gasteiger partial charge in [0.15, 0.2) is 10.4 Å². The van der Waals surface area contributed by atoms with E-state index in [9.17, 15) is 4.79 Å². The van der Waals surface area contributed by atoms with Crippen molar-refractivity contribution in [2.75, 3.05) is 29.0 Å². The van der Waals surface area contributed by atoms with Gasteiger partial charge in [-0.05, 0) is 65.0 Å². The Hall–Kier alpha value is -1.95. The summed E-state index contributed by atoms with van der Waals surface area (Å²) in [6, 6.07) is 8.96. The summed E-state index contributed by atoms with van der Waals surface area (Å²) < 4.78 is 5.84. The van der Waals surface area contributed by atoms with Gasteiger partial charge in [0.05, 0.1) is 11.4 Å². The van der Waals surface area contributed by atoms with Crippen LogP contribution in [0.3, 0.4) is 0 Å². The van der Waals surface area contributed by atoms with E-state index in [1.165, 1.54) is 0 Å². The molecule has 122 valence electrons. The Morgan fingerprint density at radius 1 is 1.30 bits per heavy atom. The number of benzene rings is 1. The molecule has 2 heterocycles. The van der Waals surface area contributed by atoms with Gasteiger partial charge in [0.25, 0.3) is 5.91 Å². The molecule has 6 heteroatoms. The van der Waals surface area contributed by atoms with Gasteiger partial charge in [0.2, 0.25) is 0 Å². The van der Waals surface area contributed by atoms with Crippen molar-refractivity contribution in [1.29, 1.82) is 0 Å². The fourth-order valence-electron chi connectivity index (χ4n) is 2.80. The summed E-state index contributed by atoms with van der Waals surface area (Å²) in [7, 11) is 0. The van der Waals surface area contributed by atoms with Crippen molar-refractivity contribution in [3.8, 4) is 0 Å². The number of carbonyl (C=O) groups excluding carboxylic acids is 1. The van der Waals surface area contributed by atoms with Crippen LogP contribution in [0, 0.1) is 5.92 Å². The molecule has 23 heavy (non-hydrogen) atoms. The number of amides is 1. The van der Waals surface area contributed by atoms with Crippen LogP contribution in [0.1, 0.15) is 30.3 Å². The molecule has 1 saturated heterocycles. The van der Waals surface area contributed by atoms with Crippen LogP contribution in [-0.4, -0.2) is 19.0 Å². The molecule has 0 radical (unpaired) electrons. The van der Waals surface area contributed by atoms with Crippen LogP contribution in [0.15, 0.2) is 39.4 Å². The van der Waals surface area contributed by atoms with E-state index < -0.39 is 0 Å². The SMILES string of the molecule is CC1CCN(c2ccc(N)cc2NC(=O)c2ccc(Br)o2)CC1. The molecule has 1 amide bonds. The molecule has 1 aliphatic heterocycles. The van der Waals surface area contributed by atoms with Gasteiger partial charge in [-0.1, -0.05) is 6.92 Å². The van der Waals surface area contributed by atoms with E-state index in [4.69, 9.17) is 10.2 Å². The third-order valence-electron chi connectivity index (χ3n) is 4.19. The van der Waals surface area contributed by atoms with Gasteiger partial charge >= 0.3 is 0 Å². The molecule has 0 saturated carbocycles. The Morgan fingerprint density at radius 3 is 2.70 bits per heavy atom. The molecule has 2 aromatic rings. The predicted octanol–water partition coefficient (Wildman–Crippen LogP) is 4.11. The molecule has 3 rings (SSSR count). The third kappa shape index (κ3) is 3.69. The smallest absolute Gasteiger partial charge is 0.291 e. The Kier molecular flexibility index (Phi) is 4.61. The first-order valence-corrected chi connectivity index (χ1v) is 8.53. The summed E-state index contributed by atoms with van der Waals surface area (Å²) >= 11 is 3.21. The molecule has 0 unspecified atom stereocenters. The maximum Gasteiger partial charge on any atom is 0.291 e. The lowest BCUT2D eigenvalue weighted by Crippen LogP contribution is -2.33. The standard InChI is InChI=1S/C17H20BrN3O2/c1-11-6-8-21(9-7-11)14-3-2-12(19)10-13(14)20-17(22)15-4-5-16(18)23-15/h2-5,10-11H,6-9,19H2,1H3,(H,20,22). The average Bonchev–Trinajstić information content (AvgIpc) is 2.95. The van der Waals surface area contributed by atoms with E-state index >= 15 is 0 Å². The van der Waals surface area contributed by atoms with Crippen LogP contribution in [0.5, 0.6) is 0 Å². The van der Waals surface area contributed by atoms with Crippen molar-refractivity contribution < 1.29 is 9.21 Å². The van der Waals surface area contributed by atoms with Crippen LogP contribution < -0.4 is 16.0 Å². The summed E-state index contributed by atoms with van der Waals surface area (Å²) in [5, 5.41) is 2.91. The van der Waals surface area contributed by atoms with E-state index in [-0.39, 0.29) is 11.7 Å². The van der Waals surface area contributed by atoms with Gasteiger partial charge < -0.3 is 20.4 Å². The first kappa shape index (κ1) is 15.9. The molecule has 0 bridgehead atoms. The van der Waals surface area contributed by atoms with Crippen LogP contribution in [0.4, 0.5) is 17.1 Å². The fourth-order valence-corrected chi connectivity index (χ4v) is 3.11. The lowest BCUT2D eigenvalue weighted by molar-refractivity contribution is 0.0995. The summed E-state index contributed by atoms with van der Waals surface area (Å²) in [4.78, 5) is 14.6. The van der Waals surface area contributed by atoms with Crippen LogP contribution in [0.25, 0.3) is 0 Å². The number of nitrogens with zero attached hydrogens (tertiary/aromatic N) is 1. The first-order chi connectivity index (χ1) is 11.0. The minimum Gasteiger partial charge on any atom is -0.444 e. The van der Waals surface area contributed by atoms with E-state index in [0.29, 0.717) is 10.4 Å². The molecule has 1 aliphatic rings. The highest BCUT2D eigenvalue weighted by atomic mass is 79.9. The fraction of sp³-hybridized carbons (Fsp3) is 0.353. The molecular weight excluding hydrogens is 358 g/mol. The van der Waals surface area contributed by atoms with Gasteiger partial charge in [0.1, 0.15) is 0 Å². The van der Waals surface area contributed by atoms with E-state index in [2.05, 4.69) is 33.1 Å². The number of halogens is 1. The highest BCUT2D eigenvalue weighted by Gasteiger charge is 2.20. The third-order valence-corrected chi connectivity index (χ3v) is 4.62. The molecule has 1 aromatic carbocycles. The number of hydrogen-bond acceptors (Lipinski definition) is 4. The normalized spacial score (nSPS) is 15.7. The molecule has 0 aliphatic carbocycles. The summed E-state index contributed by atoms with van der Waals surface area (Å²) in [5.41, 5.74) is 8.24. The quantitative estimate of drug-likeness (QED) is 0.789. The highest BCUT2D eigenvalue weighted by molar-refractivity contribution is 9.10. The molecule has 0 spiro atoms. The molecule has 0 atom stereocenters.